The summed E-state index contributed by atoms with van der Waals surface area (Å²) in [5.74, 6) is 1.44. The largest absolute Gasteiger partial charge is 0.243 e. The van der Waals surface area contributed by atoms with E-state index < -0.39 is 10.0 Å². The van der Waals surface area contributed by atoms with Gasteiger partial charge >= 0.3 is 0 Å². The van der Waals surface area contributed by atoms with E-state index in [0.29, 0.717) is 35.7 Å². The Hall–Kier alpha value is -1.13. The lowest BCUT2D eigenvalue weighted by atomic mass is 9.82. The lowest BCUT2D eigenvalue weighted by Crippen LogP contribution is -2.29. The molecule has 20 heavy (non-hydrogen) atoms. The predicted molar refractivity (Wildman–Crippen MR) is 79.8 cm³/mol. The third-order valence-corrected chi connectivity index (χ3v) is 6.32. The minimum Gasteiger partial charge on any atom is -0.207 e. The van der Waals surface area contributed by atoms with E-state index in [-0.39, 0.29) is 0 Å². The van der Waals surface area contributed by atoms with Crippen molar-refractivity contribution in [1.82, 2.24) is 4.31 Å². The Morgan fingerprint density at radius 1 is 1.10 bits per heavy atom. The maximum atomic E-state index is 12.7. The number of nitrogens with zero attached hydrogens (tertiary/aromatic N) is 1. The van der Waals surface area contributed by atoms with Gasteiger partial charge in [0.25, 0.3) is 0 Å². The molecule has 1 fully saturated rings. The van der Waals surface area contributed by atoms with E-state index in [0.717, 1.165) is 12.0 Å². The van der Waals surface area contributed by atoms with E-state index in [4.69, 9.17) is 0 Å². The van der Waals surface area contributed by atoms with Gasteiger partial charge in [-0.15, -0.1) is 0 Å². The van der Waals surface area contributed by atoms with Crippen molar-refractivity contribution in [1.29, 1.82) is 0 Å². The molecular formula is C16H21NO2S. The van der Waals surface area contributed by atoms with E-state index in [1.165, 1.54) is 0 Å². The monoisotopic (exact) mass is 291 g/mol. The van der Waals surface area contributed by atoms with Crippen molar-refractivity contribution < 1.29 is 8.42 Å². The van der Waals surface area contributed by atoms with Crippen LogP contribution in [-0.2, 0) is 10.0 Å². The van der Waals surface area contributed by atoms with Crippen LogP contribution >= 0.6 is 0 Å². The van der Waals surface area contributed by atoms with Gasteiger partial charge < -0.3 is 0 Å². The van der Waals surface area contributed by atoms with E-state index >= 15 is 0 Å². The fourth-order valence-electron chi connectivity index (χ4n) is 3.27. The molecule has 1 aliphatic heterocycles. The number of fused-ring (bicyclic) bond motifs is 1. The molecule has 1 saturated heterocycles. The Labute approximate surface area is 121 Å². The number of aryl methyl sites for hydroxylation is 1. The maximum absolute atomic E-state index is 12.7. The number of benzene rings is 1. The van der Waals surface area contributed by atoms with Gasteiger partial charge in [-0.1, -0.05) is 36.8 Å². The Kier molecular flexibility index (Phi) is 3.46. The second-order valence-corrected chi connectivity index (χ2v) is 8.09. The van der Waals surface area contributed by atoms with Crippen LogP contribution in [0, 0.1) is 24.7 Å². The number of allylic oxidation sites excluding steroid dienone is 1. The van der Waals surface area contributed by atoms with Crippen LogP contribution in [0.3, 0.4) is 0 Å². The summed E-state index contributed by atoms with van der Waals surface area (Å²) in [6.45, 7) is 5.45. The molecule has 1 aliphatic carbocycles. The topological polar surface area (TPSA) is 37.4 Å². The number of rotatable bonds is 2. The van der Waals surface area contributed by atoms with E-state index in [9.17, 15) is 8.42 Å². The first-order chi connectivity index (χ1) is 9.46. The molecule has 3 atom stereocenters. The Morgan fingerprint density at radius 3 is 2.50 bits per heavy atom. The maximum Gasteiger partial charge on any atom is 0.243 e. The molecule has 0 radical (unpaired) electrons. The summed E-state index contributed by atoms with van der Waals surface area (Å²) in [6, 6.07) is 7.15. The third kappa shape index (κ3) is 2.42. The van der Waals surface area contributed by atoms with Crippen LogP contribution in [-0.4, -0.2) is 25.8 Å². The molecule has 108 valence electrons. The lowest BCUT2D eigenvalue weighted by molar-refractivity contribution is 0.380. The van der Waals surface area contributed by atoms with Gasteiger partial charge in [-0.25, -0.2) is 8.42 Å². The Balaban J connectivity index is 1.83. The van der Waals surface area contributed by atoms with Crippen LogP contribution in [0.2, 0.25) is 0 Å². The molecule has 0 aromatic heterocycles. The molecule has 0 unspecified atom stereocenters. The van der Waals surface area contributed by atoms with Crippen molar-refractivity contribution in [2.24, 2.45) is 17.8 Å². The lowest BCUT2D eigenvalue weighted by Gasteiger charge is -2.22. The molecule has 2 aliphatic rings. The number of hydrogen-bond acceptors (Lipinski definition) is 2. The van der Waals surface area contributed by atoms with E-state index in [2.05, 4.69) is 19.1 Å². The summed E-state index contributed by atoms with van der Waals surface area (Å²) in [5.41, 5.74) is 1.08. The first kappa shape index (κ1) is 13.8. The standard InChI is InChI=1S/C16H21NO2S/c1-12-4-7-16(8-5-12)20(18,19)17-10-14-6-3-13(2)9-15(14)11-17/h3-8,13-15H,9-11H2,1-2H3/t13-,14-,15+/m0/s1. The van der Waals surface area contributed by atoms with Gasteiger partial charge in [-0.05, 0) is 43.2 Å². The molecule has 0 saturated carbocycles. The molecular weight excluding hydrogens is 270 g/mol. The van der Waals surface area contributed by atoms with Crippen molar-refractivity contribution in [2.45, 2.75) is 25.2 Å². The normalized spacial score (nSPS) is 30.4. The highest BCUT2D eigenvalue weighted by Gasteiger charge is 2.39. The summed E-state index contributed by atoms with van der Waals surface area (Å²) < 4.78 is 27.0. The van der Waals surface area contributed by atoms with Crippen molar-refractivity contribution in [2.75, 3.05) is 13.1 Å². The minimum atomic E-state index is -3.33. The molecule has 3 rings (SSSR count). The van der Waals surface area contributed by atoms with E-state index in [1.54, 1.807) is 16.4 Å². The third-order valence-electron chi connectivity index (χ3n) is 4.48. The zero-order valence-corrected chi connectivity index (χ0v) is 12.8. The number of sulfonamides is 1. The highest BCUT2D eigenvalue weighted by molar-refractivity contribution is 7.89. The van der Waals surface area contributed by atoms with Crippen LogP contribution < -0.4 is 0 Å². The first-order valence-corrected chi connectivity index (χ1v) is 8.66. The summed E-state index contributed by atoms with van der Waals surface area (Å²) >= 11 is 0. The van der Waals surface area contributed by atoms with Crippen LogP contribution in [0.25, 0.3) is 0 Å². The average molecular weight is 291 g/mol. The second-order valence-electron chi connectivity index (χ2n) is 6.16. The van der Waals surface area contributed by atoms with Crippen molar-refractivity contribution in [3.63, 3.8) is 0 Å². The van der Waals surface area contributed by atoms with Crippen molar-refractivity contribution in [3.05, 3.63) is 42.0 Å². The molecule has 0 N–H and O–H groups in total. The van der Waals surface area contributed by atoms with Gasteiger partial charge in [0.15, 0.2) is 0 Å². The van der Waals surface area contributed by atoms with Gasteiger partial charge in [0.05, 0.1) is 4.90 Å². The number of hydrogen-bond donors (Lipinski definition) is 0. The summed E-state index contributed by atoms with van der Waals surface area (Å²) in [6.07, 6.45) is 5.54. The Bertz CT molecular complexity index is 618. The van der Waals surface area contributed by atoms with E-state index in [1.807, 2.05) is 19.1 Å². The molecule has 4 heteroatoms. The quantitative estimate of drug-likeness (QED) is 0.786. The second kappa shape index (κ2) is 5.01. The van der Waals surface area contributed by atoms with Gasteiger partial charge in [0.2, 0.25) is 10.0 Å². The predicted octanol–water partition coefficient (Wildman–Crippen LogP) is 2.83. The van der Waals surface area contributed by atoms with Crippen LogP contribution in [0.5, 0.6) is 0 Å². The molecule has 1 aromatic carbocycles. The van der Waals surface area contributed by atoms with Crippen molar-refractivity contribution in [3.8, 4) is 0 Å². The smallest absolute Gasteiger partial charge is 0.207 e. The molecule has 0 amide bonds. The van der Waals surface area contributed by atoms with Crippen LogP contribution in [0.4, 0.5) is 0 Å². The van der Waals surface area contributed by atoms with Crippen molar-refractivity contribution >= 4 is 10.0 Å². The summed E-state index contributed by atoms with van der Waals surface area (Å²) in [4.78, 5) is 0.416. The molecule has 0 bridgehead atoms. The highest BCUT2D eigenvalue weighted by atomic mass is 32.2. The van der Waals surface area contributed by atoms with Crippen LogP contribution in [0.1, 0.15) is 18.9 Å². The SMILES string of the molecule is Cc1ccc(S(=O)(=O)N2C[C@H]3C[C@@H](C)C=C[C@H]3C2)cc1. The van der Waals surface area contributed by atoms with Gasteiger partial charge in [0, 0.05) is 13.1 Å². The highest BCUT2D eigenvalue weighted by Crippen LogP contribution is 2.36. The molecule has 0 spiro atoms. The zero-order chi connectivity index (χ0) is 14.3. The molecule has 3 nitrogen and oxygen atoms in total. The Morgan fingerprint density at radius 2 is 1.80 bits per heavy atom. The van der Waals surface area contributed by atoms with Crippen LogP contribution in [0.15, 0.2) is 41.3 Å². The average Bonchev–Trinajstić information content (AvgIpc) is 2.83. The van der Waals surface area contributed by atoms with Gasteiger partial charge in [-0.3, -0.25) is 0 Å². The minimum absolute atomic E-state index is 0.395. The zero-order valence-electron chi connectivity index (χ0n) is 12.0. The fourth-order valence-corrected chi connectivity index (χ4v) is 4.80. The molecule has 1 heterocycles. The fraction of sp³-hybridized carbons (Fsp3) is 0.500. The summed E-state index contributed by atoms with van der Waals surface area (Å²) in [5, 5.41) is 0. The van der Waals surface area contributed by atoms with Gasteiger partial charge in [-0.2, -0.15) is 4.31 Å². The van der Waals surface area contributed by atoms with Gasteiger partial charge in [0.1, 0.15) is 0 Å². The molecule has 1 aromatic rings. The summed E-state index contributed by atoms with van der Waals surface area (Å²) in [7, 11) is -3.33. The first-order valence-electron chi connectivity index (χ1n) is 7.22.